The Hall–Kier alpha value is -1.86. The summed E-state index contributed by atoms with van der Waals surface area (Å²) in [6, 6.07) is 9.28. The molecule has 1 amide bonds. The Labute approximate surface area is 120 Å². The molecule has 0 aromatic heterocycles. The lowest BCUT2D eigenvalue weighted by atomic mass is 10.1. The minimum Gasteiger partial charge on any atom is -0.377 e. The molecule has 20 heavy (non-hydrogen) atoms. The zero-order chi connectivity index (χ0) is 14.4. The molecule has 4 heteroatoms. The molecule has 1 aromatic carbocycles. The maximum atomic E-state index is 12.3. The SMILES string of the molecule is CCOC1CCCN(C(=O)Cc2ccc(C#N)cc2)C1. The van der Waals surface area contributed by atoms with Crippen LogP contribution < -0.4 is 0 Å². The van der Waals surface area contributed by atoms with Crippen LogP contribution in [0.5, 0.6) is 0 Å². The number of nitriles is 1. The van der Waals surface area contributed by atoms with Crippen LogP contribution in [0.3, 0.4) is 0 Å². The number of carbonyl (C=O) groups is 1. The van der Waals surface area contributed by atoms with Crippen LogP contribution in [0.1, 0.15) is 30.9 Å². The summed E-state index contributed by atoms with van der Waals surface area (Å²) in [6.45, 7) is 4.20. The average Bonchev–Trinajstić information content (AvgIpc) is 2.48. The first kappa shape index (κ1) is 14.5. The quantitative estimate of drug-likeness (QED) is 0.843. The molecular formula is C16H20N2O2. The average molecular weight is 272 g/mol. The number of amides is 1. The molecule has 1 aliphatic rings. The van der Waals surface area contributed by atoms with E-state index in [2.05, 4.69) is 6.07 Å². The molecule has 1 fully saturated rings. The van der Waals surface area contributed by atoms with Gasteiger partial charge >= 0.3 is 0 Å². The summed E-state index contributed by atoms with van der Waals surface area (Å²) in [4.78, 5) is 14.2. The summed E-state index contributed by atoms with van der Waals surface area (Å²) in [5.41, 5.74) is 1.57. The maximum Gasteiger partial charge on any atom is 0.227 e. The summed E-state index contributed by atoms with van der Waals surface area (Å²) in [5.74, 6) is 0.138. The topological polar surface area (TPSA) is 53.3 Å². The number of hydrogen-bond acceptors (Lipinski definition) is 3. The molecule has 1 unspecified atom stereocenters. The molecule has 1 saturated heterocycles. The Morgan fingerprint density at radius 3 is 2.85 bits per heavy atom. The van der Waals surface area contributed by atoms with Gasteiger partial charge in [0.25, 0.3) is 0 Å². The number of carbonyl (C=O) groups excluding carboxylic acids is 1. The Morgan fingerprint density at radius 2 is 2.20 bits per heavy atom. The molecule has 0 aliphatic carbocycles. The second-order valence-electron chi connectivity index (χ2n) is 5.04. The lowest BCUT2D eigenvalue weighted by molar-refractivity contribution is -0.134. The second kappa shape index (κ2) is 7.06. The van der Waals surface area contributed by atoms with Crippen molar-refractivity contribution in [2.45, 2.75) is 32.3 Å². The molecule has 1 heterocycles. The normalized spacial score (nSPS) is 18.6. The van der Waals surface area contributed by atoms with Gasteiger partial charge in [-0.1, -0.05) is 12.1 Å². The molecule has 1 aromatic rings. The van der Waals surface area contributed by atoms with Crippen molar-refractivity contribution >= 4 is 5.91 Å². The van der Waals surface area contributed by atoms with Gasteiger partial charge in [-0.3, -0.25) is 4.79 Å². The fourth-order valence-corrected chi connectivity index (χ4v) is 2.52. The Kier molecular flexibility index (Phi) is 5.14. The van der Waals surface area contributed by atoms with Gasteiger partial charge in [0.15, 0.2) is 0 Å². The fourth-order valence-electron chi connectivity index (χ4n) is 2.52. The number of ether oxygens (including phenoxy) is 1. The summed E-state index contributed by atoms with van der Waals surface area (Å²) >= 11 is 0. The van der Waals surface area contributed by atoms with Crippen molar-refractivity contribution in [2.75, 3.05) is 19.7 Å². The van der Waals surface area contributed by atoms with Crippen LogP contribution in [-0.4, -0.2) is 36.6 Å². The Morgan fingerprint density at radius 1 is 1.45 bits per heavy atom. The number of rotatable bonds is 4. The predicted molar refractivity (Wildman–Crippen MR) is 76.1 cm³/mol. The number of piperidine rings is 1. The summed E-state index contributed by atoms with van der Waals surface area (Å²) < 4.78 is 5.61. The number of hydrogen-bond donors (Lipinski definition) is 0. The molecule has 2 rings (SSSR count). The first-order valence-electron chi connectivity index (χ1n) is 7.11. The summed E-state index contributed by atoms with van der Waals surface area (Å²) in [7, 11) is 0. The zero-order valence-corrected chi connectivity index (χ0v) is 11.8. The molecule has 0 radical (unpaired) electrons. The lowest BCUT2D eigenvalue weighted by Crippen LogP contribution is -2.43. The molecule has 4 nitrogen and oxygen atoms in total. The van der Waals surface area contributed by atoms with Crippen LogP contribution >= 0.6 is 0 Å². The second-order valence-corrected chi connectivity index (χ2v) is 5.04. The van der Waals surface area contributed by atoms with Gasteiger partial charge in [0.05, 0.1) is 24.2 Å². The van der Waals surface area contributed by atoms with Crippen molar-refractivity contribution in [3.05, 3.63) is 35.4 Å². The molecule has 0 bridgehead atoms. The standard InChI is InChI=1S/C16H20N2O2/c1-2-20-15-4-3-9-18(12-15)16(19)10-13-5-7-14(11-17)8-6-13/h5-8,15H,2-4,9-10,12H2,1H3. The van der Waals surface area contributed by atoms with Gasteiger partial charge in [-0.15, -0.1) is 0 Å². The van der Waals surface area contributed by atoms with E-state index >= 15 is 0 Å². The minimum atomic E-state index is 0.138. The van der Waals surface area contributed by atoms with E-state index < -0.39 is 0 Å². The highest BCUT2D eigenvalue weighted by atomic mass is 16.5. The molecule has 1 atom stereocenters. The van der Waals surface area contributed by atoms with Gasteiger partial charge in [0, 0.05) is 19.7 Å². The highest BCUT2D eigenvalue weighted by Crippen LogP contribution is 2.15. The molecule has 0 N–H and O–H groups in total. The summed E-state index contributed by atoms with van der Waals surface area (Å²) in [6.07, 6.45) is 2.61. The molecule has 0 spiro atoms. The van der Waals surface area contributed by atoms with Crippen LogP contribution in [0, 0.1) is 11.3 Å². The largest absolute Gasteiger partial charge is 0.377 e. The van der Waals surface area contributed by atoms with Crippen molar-refractivity contribution in [1.29, 1.82) is 5.26 Å². The fraction of sp³-hybridized carbons (Fsp3) is 0.500. The van der Waals surface area contributed by atoms with E-state index in [1.807, 2.05) is 24.0 Å². The van der Waals surface area contributed by atoms with E-state index in [1.54, 1.807) is 12.1 Å². The molecule has 1 aliphatic heterocycles. The van der Waals surface area contributed by atoms with Crippen molar-refractivity contribution in [3.8, 4) is 6.07 Å². The van der Waals surface area contributed by atoms with E-state index in [0.717, 1.165) is 24.9 Å². The van der Waals surface area contributed by atoms with Crippen molar-refractivity contribution in [3.63, 3.8) is 0 Å². The number of nitrogens with zero attached hydrogens (tertiary/aromatic N) is 2. The summed E-state index contributed by atoms with van der Waals surface area (Å²) in [5, 5.41) is 8.75. The van der Waals surface area contributed by atoms with Gasteiger partial charge in [-0.05, 0) is 37.5 Å². The van der Waals surface area contributed by atoms with E-state index in [0.29, 0.717) is 25.1 Å². The maximum absolute atomic E-state index is 12.3. The van der Waals surface area contributed by atoms with E-state index in [-0.39, 0.29) is 12.0 Å². The van der Waals surface area contributed by atoms with E-state index in [1.165, 1.54) is 0 Å². The monoisotopic (exact) mass is 272 g/mol. The molecular weight excluding hydrogens is 252 g/mol. The van der Waals surface area contributed by atoms with Gasteiger partial charge in [0.1, 0.15) is 0 Å². The predicted octanol–water partition coefficient (Wildman–Crippen LogP) is 2.13. The van der Waals surface area contributed by atoms with Crippen LogP contribution in [0.25, 0.3) is 0 Å². The third kappa shape index (κ3) is 3.82. The highest BCUT2D eigenvalue weighted by Gasteiger charge is 2.23. The Bertz CT molecular complexity index is 488. The van der Waals surface area contributed by atoms with Gasteiger partial charge < -0.3 is 9.64 Å². The van der Waals surface area contributed by atoms with Gasteiger partial charge in [0.2, 0.25) is 5.91 Å². The number of likely N-dealkylation sites (tertiary alicyclic amines) is 1. The van der Waals surface area contributed by atoms with Crippen LogP contribution in [0.4, 0.5) is 0 Å². The van der Waals surface area contributed by atoms with Crippen molar-refractivity contribution in [2.24, 2.45) is 0 Å². The third-order valence-corrected chi connectivity index (χ3v) is 3.57. The first-order chi connectivity index (χ1) is 9.72. The smallest absolute Gasteiger partial charge is 0.227 e. The van der Waals surface area contributed by atoms with Crippen LogP contribution in [0.15, 0.2) is 24.3 Å². The van der Waals surface area contributed by atoms with Gasteiger partial charge in [-0.2, -0.15) is 5.26 Å². The van der Waals surface area contributed by atoms with Crippen LogP contribution in [0.2, 0.25) is 0 Å². The highest BCUT2D eigenvalue weighted by molar-refractivity contribution is 5.79. The van der Waals surface area contributed by atoms with Crippen molar-refractivity contribution < 1.29 is 9.53 Å². The third-order valence-electron chi connectivity index (χ3n) is 3.57. The minimum absolute atomic E-state index is 0.138. The lowest BCUT2D eigenvalue weighted by Gasteiger charge is -2.32. The molecule has 0 saturated carbocycles. The van der Waals surface area contributed by atoms with Crippen LogP contribution in [-0.2, 0) is 16.0 Å². The number of benzene rings is 1. The zero-order valence-electron chi connectivity index (χ0n) is 11.8. The first-order valence-corrected chi connectivity index (χ1v) is 7.11. The van der Waals surface area contributed by atoms with E-state index in [9.17, 15) is 4.79 Å². The van der Waals surface area contributed by atoms with E-state index in [4.69, 9.17) is 10.00 Å². The molecule has 106 valence electrons. The van der Waals surface area contributed by atoms with Crippen molar-refractivity contribution in [1.82, 2.24) is 4.90 Å². The van der Waals surface area contributed by atoms with Gasteiger partial charge in [-0.25, -0.2) is 0 Å². The Balaban J connectivity index is 1.92.